The van der Waals surface area contributed by atoms with Crippen LogP contribution in [0.2, 0.25) is 0 Å². The Labute approximate surface area is 100 Å². The summed E-state index contributed by atoms with van der Waals surface area (Å²) in [7, 11) is 0. The number of piperidine rings is 1. The summed E-state index contributed by atoms with van der Waals surface area (Å²) >= 11 is 0. The van der Waals surface area contributed by atoms with E-state index in [1.807, 2.05) is 17.9 Å². The Morgan fingerprint density at radius 3 is 2.94 bits per heavy atom. The highest BCUT2D eigenvalue weighted by atomic mass is 19.1. The molecule has 0 radical (unpaired) electrons. The van der Waals surface area contributed by atoms with Gasteiger partial charge in [-0.25, -0.2) is 4.39 Å². The Kier molecular flexibility index (Phi) is 3.30. The van der Waals surface area contributed by atoms with Crippen molar-refractivity contribution in [3.63, 3.8) is 0 Å². The molecule has 1 aliphatic rings. The van der Waals surface area contributed by atoms with Crippen LogP contribution in [0.5, 0.6) is 0 Å². The molecular weight excluding hydrogens is 219 g/mol. The zero-order chi connectivity index (χ0) is 12.4. The molecule has 17 heavy (non-hydrogen) atoms. The minimum Gasteiger partial charge on any atom is -0.391 e. The van der Waals surface area contributed by atoms with Crippen LogP contribution in [-0.4, -0.2) is 24.3 Å². The topological polar surface area (TPSA) is 47.3 Å². The first-order chi connectivity index (χ1) is 8.13. The third-order valence-corrected chi connectivity index (χ3v) is 3.36. The number of rotatable bonds is 1. The van der Waals surface area contributed by atoms with Crippen molar-refractivity contribution in [2.24, 2.45) is 5.92 Å². The molecule has 0 amide bonds. The second kappa shape index (κ2) is 4.72. The Balaban J connectivity index is 2.29. The highest BCUT2D eigenvalue weighted by molar-refractivity contribution is 5.60. The van der Waals surface area contributed by atoms with Gasteiger partial charge in [0.2, 0.25) is 0 Å². The number of aliphatic hydroxyl groups is 1. The van der Waals surface area contributed by atoms with Crippen LogP contribution in [0, 0.1) is 23.1 Å². The van der Waals surface area contributed by atoms with Gasteiger partial charge in [0.15, 0.2) is 0 Å². The van der Waals surface area contributed by atoms with Crippen LogP contribution in [0.3, 0.4) is 0 Å². The summed E-state index contributed by atoms with van der Waals surface area (Å²) < 4.78 is 13.5. The molecule has 1 aliphatic heterocycles. The van der Waals surface area contributed by atoms with E-state index in [-0.39, 0.29) is 11.5 Å². The van der Waals surface area contributed by atoms with Gasteiger partial charge in [0, 0.05) is 13.1 Å². The smallest absolute Gasteiger partial charge is 0.143 e. The lowest BCUT2D eigenvalue weighted by atomic mass is 9.95. The van der Waals surface area contributed by atoms with E-state index in [1.54, 1.807) is 12.1 Å². The predicted octanol–water partition coefficient (Wildman–Crippen LogP) is 1.90. The molecule has 1 heterocycles. The van der Waals surface area contributed by atoms with Crippen molar-refractivity contribution < 1.29 is 9.50 Å². The molecule has 1 aromatic carbocycles. The van der Waals surface area contributed by atoms with E-state index in [2.05, 4.69) is 0 Å². The second-order valence-electron chi connectivity index (χ2n) is 4.53. The Hall–Kier alpha value is -1.60. The molecule has 2 rings (SSSR count). The molecule has 1 saturated heterocycles. The zero-order valence-electron chi connectivity index (χ0n) is 9.73. The van der Waals surface area contributed by atoms with Crippen molar-refractivity contribution in [3.05, 3.63) is 29.6 Å². The lowest BCUT2D eigenvalue weighted by molar-refractivity contribution is 0.103. The number of nitrogens with zero attached hydrogens (tertiary/aromatic N) is 2. The van der Waals surface area contributed by atoms with Gasteiger partial charge in [-0.15, -0.1) is 0 Å². The van der Waals surface area contributed by atoms with Gasteiger partial charge in [0.1, 0.15) is 17.4 Å². The summed E-state index contributed by atoms with van der Waals surface area (Å²) in [5.41, 5.74) is 0.646. The van der Waals surface area contributed by atoms with Crippen molar-refractivity contribution in [2.75, 3.05) is 18.0 Å². The lowest BCUT2D eigenvalue weighted by Crippen LogP contribution is -2.43. The quantitative estimate of drug-likeness (QED) is 0.807. The highest BCUT2D eigenvalue weighted by Gasteiger charge is 2.26. The van der Waals surface area contributed by atoms with Crippen LogP contribution in [0.4, 0.5) is 10.1 Å². The Bertz CT molecular complexity index is 455. The van der Waals surface area contributed by atoms with Gasteiger partial charge in [0.25, 0.3) is 0 Å². The summed E-state index contributed by atoms with van der Waals surface area (Å²) in [6.07, 6.45) is 0.432. The maximum absolute atomic E-state index is 13.5. The highest BCUT2D eigenvalue weighted by Crippen LogP contribution is 2.27. The first-order valence-electron chi connectivity index (χ1n) is 5.75. The number of nitriles is 1. The van der Waals surface area contributed by atoms with E-state index in [9.17, 15) is 9.50 Å². The van der Waals surface area contributed by atoms with Gasteiger partial charge < -0.3 is 10.0 Å². The fourth-order valence-corrected chi connectivity index (χ4v) is 2.15. The molecule has 0 aromatic heterocycles. The van der Waals surface area contributed by atoms with Crippen LogP contribution in [0.25, 0.3) is 0 Å². The van der Waals surface area contributed by atoms with Crippen molar-refractivity contribution in [2.45, 2.75) is 19.4 Å². The average molecular weight is 234 g/mol. The van der Waals surface area contributed by atoms with Crippen LogP contribution >= 0.6 is 0 Å². The molecule has 3 nitrogen and oxygen atoms in total. The number of β-amino-alcohol motifs (C(OH)–C–C–N with tert-alkyl or cyclic N) is 1. The number of benzene rings is 1. The van der Waals surface area contributed by atoms with E-state index in [4.69, 9.17) is 5.26 Å². The summed E-state index contributed by atoms with van der Waals surface area (Å²) in [6.45, 7) is 3.20. The van der Waals surface area contributed by atoms with Crippen molar-refractivity contribution in [1.82, 2.24) is 0 Å². The van der Waals surface area contributed by atoms with Gasteiger partial charge in [-0.1, -0.05) is 13.0 Å². The van der Waals surface area contributed by atoms with Gasteiger partial charge in [-0.2, -0.15) is 5.26 Å². The first kappa shape index (κ1) is 11.9. The summed E-state index contributed by atoms with van der Waals surface area (Å²) in [5.74, 6) is -0.247. The van der Waals surface area contributed by atoms with Crippen molar-refractivity contribution in [3.8, 4) is 6.07 Å². The lowest BCUT2D eigenvalue weighted by Gasteiger charge is -2.36. The molecule has 2 atom stereocenters. The SMILES string of the molecule is CC1CCN(c2cccc(F)c2C#N)CC1O. The monoisotopic (exact) mass is 234 g/mol. The molecule has 0 aliphatic carbocycles. The summed E-state index contributed by atoms with van der Waals surface area (Å²) in [4.78, 5) is 1.88. The molecule has 90 valence electrons. The Morgan fingerprint density at radius 2 is 2.29 bits per heavy atom. The van der Waals surface area contributed by atoms with Crippen LogP contribution in [-0.2, 0) is 0 Å². The van der Waals surface area contributed by atoms with Crippen LogP contribution < -0.4 is 4.90 Å². The van der Waals surface area contributed by atoms with Gasteiger partial charge in [-0.05, 0) is 24.5 Å². The van der Waals surface area contributed by atoms with E-state index in [1.165, 1.54) is 6.07 Å². The summed E-state index contributed by atoms with van der Waals surface area (Å²) in [5, 5.41) is 18.8. The number of anilines is 1. The van der Waals surface area contributed by atoms with Crippen LogP contribution in [0.1, 0.15) is 18.9 Å². The fourth-order valence-electron chi connectivity index (χ4n) is 2.15. The van der Waals surface area contributed by atoms with Gasteiger partial charge in [0.05, 0.1) is 11.8 Å². The first-order valence-corrected chi connectivity index (χ1v) is 5.75. The number of aliphatic hydroxyl groups excluding tert-OH is 1. The van der Waals surface area contributed by atoms with E-state index in [0.717, 1.165) is 13.0 Å². The third-order valence-electron chi connectivity index (χ3n) is 3.36. The Morgan fingerprint density at radius 1 is 1.53 bits per heavy atom. The molecule has 0 saturated carbocycles. The summed E-state index contributed by atoms with van der Waals surface area (Å²) in [6, 6.07) is 6.49. The maximum atomic E-state index is 13.5. The average Bonchev–Trinajstić information content (AvgIpc) is 2.32. The van der Waals surface area contributed by atoms with E-state index >= 15 is 0 Å². The molecule has 0 spiro atoms. The second-order valence-corrected chi connectivity index (χ2v) is 4.53. The van der Waals surface area contributed by atoms with E-state index < -0.39 is 11.9 Å². The molecular formula is C13H15FN2O. The normalized spacial score (nSPS) is 24.5. The molecule has 0 bridgehead atoms. The fraction of sp³-hybridized carbons (Fsp3) is 0.462. The zero-order valence-corrected chi connectivity index (χ0v) is 9.73. The third kappa shape index (κ3) is 2.25. The molecule has 1 N–H and O–H groups in total. The number of hydrogen-bond donors (Lipinski definition) is 1. The minimum absolute atomic E-state index is 0.0641. The van der Waals surface area contributed by atoms with Crippen molar-refractivity contribution in [1.29, 1.82) is 5.26 Å². The molecule has 4 heteroatoms. The van der Waals surface area contributed by atoms with Gasteiger partial charge in [-0.3, -0.25) is 0 Å². The predicted molar refractivity (Wildman–Crippen MR) is 63.1 cm³/mol. The molecule has 1 aromatic rings. The van der Waals surface area contributed by atoms with Crippen LogP contribution in [0.15, 0.2) is 18.2 Å². The molecule has 2 unspecified atom stereocenters. The number of halogens is 1. The van der Waals surface area contributed by atoms with Gasteiger partial charge >= 0.3 is 0 Å². The van der Waals surface area contributed by atoms with E-state index in [0.29, 0.717) is 12.2 Å². The largest absolute Gasteiger partial charge is 0.391 e. The standard InChI is InChI=1S/C13H15FN2O/c1-9-5-6-16(8-13(9)17)12-4-2-3-11(14)10(12)7-15/h2-4,9,13,17H,5-6,8H2,1H3. The molecule has 1 fully saturated rings. The number of hydrogen-bond acceptors (Lipinski definition) is 3. The minimum atomic E-state index is -0.502. The maximum Gasteiger partial charge on any atom is 0.143 e. The van der Waals surface area contributed by atoms with Crippen molar-refractivity contribution >= 4 is 5.69 Å².